The van der Waals surface area contributed by atoms with Gasteiger partial charge in [-0.15, -0.1) is 11.3 Å². The van der Waals surface area contributed by atoms with Crippen LogP contribution in [0.25, 0.3) is 0 Å². The summed E-state index contributed by atoms with van der Waals surface area (Å²) in [6.45, 7) is 7.05. The van der Waals surface area contributed by atoms with Crippen LogP contribution in [0.4, 0.5) is 0 Å². The lowest BCUT2D eigenvalue weighted by Gasteiger charge is -2.30. The molecule has 1 aromatic rings. The van der Waals surface area contributed by atoms with Crippen LogP contribution in [0.3, 0.4) is 0 Å². The van der Waals surface area contributed by atoms with Crippen molar-refractivity contribution in [2.45, 2.75) is 43.7 Å². The molecule has 2 aliphatic rings. The van der Waals surface area contributed by atoms with Gasteiger partial charge in [0.25, 0.3) is 15.9 Å². The van der Waals surface area contributed by atoms with E-state index in [9.17, 15) is 13.2 Å². The van der Waals surface area contributed by atoms with Crippen LogP contribution in [0.2, 0.25) is 0 Å². The van der Waals surface area contributed by atoms with Crippen LogP contribution in [0.1, 0.15) is 49.9 Å². The van der Waals surface area contributed by atoms with Crippen LogP contribution in [-0.4, -0.2) is 49.7 Å². The van der Waals surface area contributed by atoms with Crippen molar-refractivity contribution in [3.8, 4) is 0 Å². The highest BCUT2D eigenvalue weighted by atomic mass is 32.2. The van der Waals surface area contributed by atoms with Gasteiger partial charge in [-0.25, -0.2) is 8.42 Å². The van der Waals surface area contributed by atoms with Crippen molar-refractivity contribution in [3.63, 3.8) is 0 Å². The van der Waals surface area contributed by atoms with E-state index in [1.54, 1.807) is 15.8 Å². The molecule has 0 atom stereocenters. The molecular weight excluding hydrogens is 344 g/mol. The monoisotopic (exact) mass is 370 g/mol. The number of hydrogen-bond donors (Lipinski definition) is 0. The first-order valence-corrected chi connectivity index (χ1v) is 11.1. The van der Waals surface area contributed by atoms with E-state index in [1.165, 1.54) is 11.3 Å². The van der Waals surface area contributed by atoms with Crippen molar-refractivity contribution in [1.82, 2.24) is 9.21 Å². The zero-order chi connectivity index (χ0) is 17.3. The summed E-state index contributed by atoms with van der Waals surface area (Å²) in [5.74, 6) is 1.21. The SMILES string of the molecule is CC1CCN(C(=O)c2csc(S(=O)(=O)N3CCC(C)CC3)c2)CC1. The standard InChI is InChI=1S/C17H26N2O3S2/c1-13-3-7-18(8-4-13)17(20)15-11-16(23-12-15)24(21,22)19-9-5-14(2)6-10-19/h11-14H,3-10H2,1-2H3. The molecule has 0 aliphatic carbocycles. The highest BCUT2D eigenvalue weighted by molar-refractivity contribution is 7.91. The van der Waals surface area contributed by atoms with Gasteiger partial charge in [0.15, 0.2) is 0 Å². The summed E-state index contributed by atoms with van der Waals surface area (Å²) in [5, 5.41) is 1.69. The van der Waals surface area contributed by atoms with Crippen molar-refractivity contribution in [3.05, 3.63) is 17.0 Å². The minimum absolute atomic E-state index is 0.0353. The van der Waals surface area contributed by atoms with Gasteiger partial charge in [0, 0.05) is 31.6 Å². The summed E-state index contributed by atoms with van der Waals surface area (Å²) in [7, 11) is -3.46. The Morgan fingerprint density at radius 3 is 2.17 bits per heavy atom. The fourth-order valence-corrected chi connectivity index (χ4v) is 6.09. The lowest BCUT2D eigenvalue weighted by atomic mass is 9.99. The number of rotatable bonds is 3. The van der Waals surface area contributed by atoms with Crippen LogP contribution >= 0.6 is 11.3 Å². The fourth-order valence-electron chi connectivity index (χ4n) is 3.31. The van der Waals surface area contributed by atoms with Gasteiger partial charge in [0.1, 0.15) is 4.21 Å². The van der Waals surface area contributed by atoms with E-state index in [2.05, 4.69) is 13.8 Å². The topological polar surface area (TPSA) is 57.7 Å². The van der Waals surface area contributed by atoms with Crippen molar-refractivity contribution >= 4 is 27.3 Å². The third-order valence-corrected chi connectivity index (χ3v) is 8.54. The molecule has 3 rings (SSSR count). The summed E-state index contributed by atoms with van der Waals surface area (Å²) in [5.41, 5.74) is 0.513. The number of sulfonamides is 1. The van der Waals surface area contributed by atoms with Crippen LogP contribution in [-0.2, 0) is 10.0 Å². The van der Waals surface area contributed by atoms with E-state index in [0.29, 0.717) is 34.7 Å². The van der Waals surface area contributed by atoms with Gasteiger partial charge < -0.3 is 4.90 Å². The maximum atomic E-state index is 12.8. The summed E-state index contributed by atoms with van der Waals surface area (Å²) >= 11 is 1.17. The first-order chi connectivity index (χ1) is 11.4. The molecule has 5 nitrogen and oxygen atoms in total. The summed E-state index contributed by atoms with van der Waals surface area (Å²) in [4.78, 5) is 14.4. The van der Waals surface area contributed by atoms with Crippen molar-refractivity contribution in [1.29, 1.82) is 0 Å². The maximum Gasteiger partial charge on any atom is 0.254 e. The molecule has 7 heteroatoms. The minimum atomic E-state index is -3.46. The van der Waals surface area contributed by atoms with Gasteiger partial charge in [-0.05, 0) is 43.6 Å². The van der Waals surface area contributed by atoms with Gasteiger partial charge in [-0.2, -0.15) is 4.31 Å². The Morgan fingerprint density at radius 2 is 1.58 bits per heavy atom. The first kappa shape index (κ1) is 17.9. The summed E-state index contributed by atoms with van der Waals surface area (Å²) in [6.07, 6.45) is 3.85. The lowest BCUT2D eigenvalue weighted by Crippen LogP contribution is -2.38. The Bertz CT molecular complexity index is 682. The number of likely N-dealkylation sites (tertiary alicyclic amines) is 1. The number of carbonyl (C=O) groups is 1. The minimum Gasteiger partial charge on any atom is -0.339 e. The molecule has 0 saturated carbocycles. The molecule has 0 spiro atoms. The second-order valence-electron chi connectivity index (χ2n) is 7.22. The van der Waals surface area contributed by atoms with Crippen molar-refractivity contribution in [2.24, 2.45) is 11.8 Å². The van der Waals surface area contributed by atoms with Crippen LogP contribution in [0, 0.1) is 11.8 Å². The van der Waals surface area contributed by atoms with Gasteiger partial charge in [0.05, 0.1) is 5.56 Å². The molecule has 24 heavy (non-hydrogen) atoms. The zero-order valence-corrected chi connectivity index (χ0v) is 16.0. The molecule has 134 valence electrons. The van der Waals surface area contributed by atoms with Crippen molar-refractivity contribution < 1.29 is 13.2 Å². The molecule has 1 amide bonds. The predicted molar refractivity (Wildman–Crippen MR) is 95.8 cm³/mol. The smallest absolute Gasteiger partial charge is 0.254 e. The van der Waals surface area contributed by atoms with E-state index in [1.807, 2.05) is 4.90 Å². The second kappa shape index (κ2) is 7.14. The highest BCUT2D eigenvalue weighted by Gasteiger charge is 2.30. The van der Waals surface area contributed by atoms with E-state index >= 15 is 0 Å². The van der Waals surface area contributed by atoms with E-state index in [-0.39, 0.29) is 5.91 Å². The first-order valence-electron chi connectivity index (χ1n) is 8.76. The molecule has 2 saturated heterocycles. The molecule has 2 fully saturated rings. The highest BCUT2D eigenvalue weighted by Crippen LogP contribution is 2.29. The number of amides is 1. The van der Waals surface area contributed by atoms with Crippen molar-refractivity contribution in [2.75, 3.05) is 26.2 Å². The fraction of sp³-hybridized carbons (Fsp3) is 0.706. The maximum absolute atomic E-state index is 12.8. The second-order valence-corrected chi connectivity index (χ2v) is 10.3. The predicted octanol–water partition coefficient (Wildman–Crippen LogP) is 3.04. The largest absolute Gasteiger partial charge is 0.339 e. The Morgan fingerprint density at radius 1 is 1.04 bits per heavy atom. The average molecular weight is 371 g/mol. The molecular formula is C17H26N2O3S2. The Balaban J connectivity index is 1.71. The van der Waals surface area contributed by atoms with E-state index < -0.39 is 10.0 Å². The number of carbonyl (C=O) groups excluding carboxylic acids is 1. The Kier molecular flexibility index (Phi) is 5.32. The average Bonchev–Trinajstić information content (AvgIpc) is 3.06. The molecule has 2 aliphatic heterocycles. The number of thiophene rings is 1. The van der Waals surface area contributed by atoms with E-state index in [0.717, 1.165) is 38.8 Å². The molecule has 0 unspecified atom stereocenters. The molecule has 0 radical (unpaired) electrons. The molecule has 0 bridgehead atoms. The Hall–Kier alpha value is -0.920. The molecule has 0 aromatic carbocycles. The number of piperidine rings is 2. The van der Waals surface area contributed by atoms with Crippen LogP contribution in [0.15, 0.2) is 15.7 Å². The third kappa shape index (κ3) is 3.68. The lowest BCUT2D eigenvalue weighted by molar-refractivity contribution is 0.0697. The van der Waals surface area contributed by atoms with E-state index in [4.69, 9.17) is 0 Å². The summed E-state index contributed by atoms with van der Waals surface area (Å²) < 4.78 is 27.4. The molecule has 1 aromatic heterocycles. The summed E-state index contributed by atoms with van der Waals surface area (Å²) in [6, 6.07) is 1.57. The quantitative estimate of drug-likeness (QED) is 0.822. The third-order valence-electron chi connectivity index (χ3n) is 5.23. The number of hydrogen-bond acceptors (Lipinski definition) is 4. The van der Waals surface area contributed by atoms with Crippen LogP contribution in [0.5, 0.6) is 0 Å². The van der Waals surface area contributed by atoms with Gasteiger partial charge in [0.2, 0.25) is 0 Å². The number of nitrogens with zero attached hydrogens (tertiary/aromatic N) is 2. The van der Waals surface area contributed by atoms with Gasteiger partial charge >= 0.3 is 0 Å². The van der Waals surface area contributed by atoms with Crippen LogP contribution < -0.4 is 0 Å². The molecule has 3 heterocycles. The zero-order valence-electron chi connectivity index (χ0n) is 14.4. The Labute approximate surface area is 148 Å². The molecule has 0 N–H and O–H groups in total. The van der Waals surface area contributed by atoms with Gasteiger partial charge in [-0.1, -0.05) is 13.8 Å². The normalized spacial score (nSPS) is 22.0. The van der Waals surface area contributed by atoms with Gasteiger partial charge in [-0.3, -0.25) is 4.79 Å².